The fourth-order valence-electron chi connectivity index (χ4n) is 2.49. The summed E-state index contributed by atoms with van der Waals surface area (Å²) in [4.78, 5) is 18.9. The van der Waals surface area contributed by atoms with Crippen molar-refractivity contribution in [3.8, 4) is 10.6 Å². The molecule has 0 aliphatic carbocycles. The molecule has 2 aromatic heterocycles. The maximum atomic E-state index is 12.0. The normalized spacial score (nSPS) is 18.0. The quantitative estimate of drug-likeness (QED) is 0.886. The van der Waals surface area contributed by atoms with Gasteiger partial charge in [-0.1, -0.05) is 0 Å². The molecular weight excluding hydrogens is 302 g/mol. The van der Waals surface area contributed by atoms with Gasteiger partial charge >= 0.3 is 0 Å². The number of nitrogens with zero attached hydrogens (tertiary/aromatic N) is 1. The lowest BCUT2D eigenvalue weighted by atomic mass is 10.0. The van der Waals surface area contributed by atoms with Crippen molar-refractivity contribution >= 4 is 33.7 Å². The standard InChI is InChI=1S/C15H19N3OS2/c1-10-2-4-13(21-10)12-9-20-15(17-12)18-14(19)5-3-11-6-7-16-8-11/h2,4,9,11,16H,3,5-8H2,1H3,(H,17,18,19). The van der Waals surface area contributed by atoms with Crippen molar-refractivity contribution in [2.75, 3.05) is 18.4 Å². The number of hydrogen-bond acceptors (Lipinski definition) is 5. The minimum Gasteiger partial charge on any atom is -0.316 e. The Morgan fingerprint density at radius 3 is 3.14 bits per heavy atom. The summed E-state index contributed by atoms with van der Waals surface area (Å²) in [6.07, 6.45) is 2.73. The van der Waals surface area contributed by atoms with E-state index in [1.165, 1.54) is 22.6 Å². The van der Waals surface area contributed by atoms with Crippen LogP contribution >= 0.6 is 22.7 Å². The van der Waals surface area contributed by atoms with Gasteiger partial charge in [-0.3, -0.25) is 4.79 Å². The first-order valence-electron chi connectivity index (χ1n) is 7.23. The molecule has 4 nitrogen and oxygen atoms in total. The second-order valence-corrected chi connectivity index (χ2v) is 7.54. The Kier molecular flexibility index (Phi) is 4.67. The first kappa shape index (κ1) is 14.7. The maximum absolute atomic E-state index is 12.0. The SMILES string of the molecule is Cc1ccc(-c2csc(NC(=O)CCC3CCNC3)n2)s1. The Labute approximate surface area is 132 Å². The second kappa shape index (κ2) is 6.68. The fraction of sp³-hybridized carbons (Fsp3) is 0.467. The van der Waals surface area contributed by atoms with E-state index in [0.717, 1.165) is 30.1 Å². The molecule has 6 heteroatoms. The molecule has 3 heterocycles. The largest absolute Gasteiger partial charge is 0.316 e. The Morgan fingerprint density at radius 1 is 1.52 bits per heavy atom. The van der Waals surface area contributed by atoms with E-state index >= 15 is 0 Å². The summed E-state index contributed by atoms with van der Waals surface area (Å²) < 4.78 is 0. The van der Waals surface area contributed by atoms with Crippen LogP contribution in [0.25, 0.3) is 10.6 Å². The van der Waals surface area contributed by atoms with Gasteiger partial charge in [-0.25, -0.2) is 4.98 Å². The van der Waals surface area contributed by atoms with Crippen molar-refractivity contribution in [2.24, 2.45) is 5.92 Å². The Morgan fingerprint density at radius 2 is 2.43 bits per heavy atom. The summed E-state index contributed by atoms with van der Waals surface area (Å²) in [6, 6.07) is 4.17. The van der Waals surface area contributed by atoms with Crippen LogP contribution in [-0.4, -0.2) is 24.0 Å². The summed E-state index contributed by atoms with van der Waals surface area (Å²) in [7, 11) is 0. The molecule has 1 amide bonds. The zero-order valence-electron chi connectivity index (χ0n) is 12.0. The highest BCUT2D eigenvalue weighted by Crippen LogP contribution is 2.30. The molecule has 1 saturated heterocycles. The van der Waals surface area contributed by atoms with Gasteiger partial charge in [0.2, 0.25) is 5.91 Å². The van der Waals surface area contributed by atoms with Crippen LogP contribution in [0, 0.1) is 12.8 Å². The molecule has 2 N–H and O–H groups in total. The van der Waals surface area contributed by atoms with E-state index in [-0.39, 0.29) is 5.91 Å². The third kappa shape index (κ3) is 3.90. The van der Waals surface area contributed by atoms with Gasteiger partial charge < -0.3 is 10.6 Å². The summed E-state index contributed by atoms with van der Waals surface area (Å²) in [5.41, 5.74) is 0.952. The van der Waals surface area contributed by atoms with Gasteiger partial charge in [0.25, 0.3) is 0 Å². The summed E-state index contributed by atoms with van der Waals surface area (Å²) in [6.45, 7) is 4.22. The predicted octanol–water partition coefficient (Wildman–Crippen LogP) is 3.51. The van der Waals surface area contributed by atoms with Crippen LogP contribution in [-0.2, 0) is 4.79 Å². The van der Waals surface area contributed by atoms with E-state index in [0.29, 0.717) is 17.5 Å². The lowest BCUT2D eigenvalue weighted by Gasteiger charge is -2.06. The van der Waals surface area contributed by atoms with E-state index in [4.69, 9.17) is 0 Å². The highest BCUT2D eigenvalue weighted by Gasteiger charge is 2.16. The van der Waals surface area contributed by atoms with E-state index in [1.54, 1.807) is 11.3 Å². The molecule has 0 spiro atoms. The molecule has 1 unspecified atom stereocenters. The molecule has 2 aromatic rings. The molecule has 112 valence electrons. The number of carbonyl (C=O) groups excluding carboxylic acids is 1. The van der Waals surface area contributed by atoms with Gasteiger partial charge in [0.15, 0.2) is 5.13 Å². The predicted molar refractivity (Wildman–Crippen MR) is 89.0 cm³/mol. The molecule has 0 radical (unpaired) electrons. The highest BCUT2D eigenvalue weighted by molar-refractivity contribution is 7.17. The average Bonchev–Trinajstić information content (AvgIpc) is 3.17. The number of thiophene rings is 1. The minimum atomic E-state index is 0.0742. The van der Waals surface area contributed by atoms with Crippen LogP contribution in [0.15, 0.2) is 17.5 Å². The van der Waals surface area contributed by atoms with Gasteiger partial charge in [-0.05, 0) is 50.9 Å². The Hall–Kier alpha value is -1.24. The number of aromatic nitrogens is 1. The number of thiazole rings is 1. The van der Waals surface area contributed by atoms with Crippen LogP contribution in [0.5, 0.6) is 0 Å². The molecule has 1 aliphatic rings. The maximum Gasteiger partial charge on any atom is 0.226 e. The summed E-state index contributed by atoms with van der Waals surface area (Å²) >= 11 is 3.22. The van der Waals surface area contributed by atoms with Gasteiger partial charge in [-0.15, -0.1) is 22.7 Å². The van der Waals surface area contributed by atoms with Gasteiger partial charge in [0.05, 0.1) is 10.6 Å². The number of anilines is 1. The van der Waals surface area contributed by atoms with Crippen LogP contribution in [0.3, 0.4) is 0 Å². The van der Waals surface area contributed by atoms with Crippen molar-refractivity contribution in [3.63, 3.8) is 0 Å². The van der Waals surface area contributed by atoms with Gasteiger partial charge in [-0.2, -0.15) is 0 Å². The van der Waals surface area contributed by atoms with Crippen molar-refractivity contribution in [3.05, 3.63) is 22.4 Å². The van der Waals surface area contributed by atoms with Gasteiger partial charge in [0, 0.05) is 16.7 Å². The minimum absolute atomic E-state index is 0.0742. The van der Waals surface area contributed by atoms with E-state index in [9.17, 15) is 4.79 Å². The third-order valence-electron chi connectivity index (χ3n) is 3.69. The summed E-state index contributed by atoms with van der Waals surface area (Å²) in [5, 5.41) is 8.95. The molecule has 1 atom stereocenters. The van der Waals surface area contributed by atoms with Crippen LogP contribution in [0.2, 0.25) is 0 Å². The third-order valence-corrected chi connectivity index (χ3v) is 5.47. The molecule has 0 saturated carbocycles. The smallest absolute Gasteiger partial charge is 0.226 e. The topological polar surface area (TPSA) is 54.0 Å². The van der Waals surface area contributed by atoms with E-state index in [1.807, 2.05) is 5.38 Å². The van der Waals surface area contributed by atoms with Crippen molar-refractivity contribution in [1.29, 1.82) is 0 Å². The Balaban J connectivity index is 1.53. The number of aryl methyl sites for hydroxylation is 1. The van der Waals surface area contributed by atoms with Crippen molar-refractivity contribution < 1.29 is 4.79 Å². The first-order chi connectivity index (χ1) is 10.2. The van der Waals surface area contributed by atoms with Crippen LogP contribution in [0.1, 0.15) is 24.1 Å². The lowest BCUT2D eigenvalue weighted by Crippen LogP contribution is -2.14. The number of amides is 1. The molecule has 0 aromatic carbocycles. The molecule has 1 fully saturated rings. The Bertz CT molecular complexity index is 614. The first-order valence-corrected chi connectivity index (χ1v) is 8.93. The monoisotopic (exact) mass is 321 g/mol. The number of rotatable bonds is 5. The molecule has 1 aliphatic heterocycles. The zero-order chi connectivity index (χ0) is 14.7. The van der Waals surface area contributed by atoms with Crippen molar-refractivity contribution in [2.45, 2.75) is 26.2 Å². The van der Waals surface area contributed by atoms with Crippen molar-refractivity contribution in [1.82, 2.24) is 10.3 Å². The van der Waals surface area contributed by atoms with Crippen LogP contribution in [0.4, 0.5) is 5.13 Å². The van der Waals surface area contributed by atoms with E-state index in [2.05, 4.69) is 34.7 Å². The summed E-state index contributed by atoms with van der Waals surface area (Å²) in [5.74, 6) is 0.724. The van der Waals surface area contributed by atoms with Crippen LogP contribution < -0.4 is 10.6 Å². The second-order valence-electron chi connectivity index (χ2n) is 5.39. The average molecular weight is 321 g/mol. The number of nitrogens with one attached hydrogen (secondary N) is 2. The lowest BCUT2D eigenvalue weighted by molar-refractivity contribution is -0.116. The fourth-order valence-corrected chi connectivity index (χ4v) is 4.12. The molecule has 0 bridgehead atoms. The molecule has 3 rings (SSSR count). The number of carbonyl (C=O) groups is 1. The van der Waals surface area contributed by atoms with E-state index < -0.39 is 0 Å². The van der Waals surface area contributed by atoms with Gasteiger partial charge in [0.1, 0.15) is 0 Å². The highest BCUT2D eigenvalue weighted by atomic mass is 32.1. The molecule has 21 heavy (non-hydrogen) atoms. The number of hydrogen-bond donors (Lipinski definition) is 2. The molecular formula is C15H19N3OS2. The zero-order valence-corrected chi connectivity index (χ0v) is 13.6.